The van der Waals surface area contributed by atoms with E-state index in [1.807, 2.05) is 59.2 Å². The van der Waals surface area contributed by atoms with Gasteiger partial charge in [0.25, 0.3) is 5.89 Å². The highest BCUT2D eigenvalue weighted by molar-refractivity contribution is 7.16. The van der Waals surface area contributed by atoms with E-state index in [1.165, 1.54) is 56.6 Å². The Morgan fingerprint density at radius 2 is 1.00 bits per heavy atom. The molecule has 3 saturated heterocycles. The number of ether oxygens (including phenoxy) is 1. The van der Waals surface area contributed by atoms with Crippen molar-refractivity contribution in [1.29, 1.82) is 0 Å². The van der Waals surface area contributed by atoms with Gasteiger partial charge in [0.05, 0.1) is 28.5 Å². The fraction of sp³-hybridized carbons (Fsp3) is 0.371. The zero-order valence-corrected chi connectivity index (χ0v) is 53.0. The topological polar surface area (TPSA) is 207 Å². The SMILES string of the molecule is CCCCCCCCCc1ccc(CN2C[C@H](C(=O)O)[C@@H](C(=O)O)C2)cc1.Cc1cc(CN2CC(C(=O)O)C2)ccc1OCc1cc(-c2ccccc2)c(C(F)(F)F)s1.O=C(O)C1CN(Cc2ccc(-c3noc(-c4cc(-c5ccccc5)c(C(F)(F)F)s4)n3)cc2)C1. The first-order chi connectivity index (χ1) is 44.5. The minimum Gasteiger partial charge on any atom is -0.488 e. The summed E-state index contributed by atoms with van der Waals surface area (Å²) >= 11 is 1.28. The van der Waals surface area contributed by atoms with Crippen molar-refractivity contribution < 1.29 is 75.2 Å². The number of rotatable bonds is 25. The molecule has 0 aliphatic carbocycles. The van der Waals surface area contributed by atoms with Crippen molar-refractivity contribution in [3.8, 4) is 50.2 Å². The van der Waals surface area contributed by atoms with Crippen molar-refractivity contribution in [3.05, 3.63) is 182 Å². The lowest BCUT2D eigenvalue weighted by Crippen LogP contribution is -2.49. The number of alkyl halides is 6. The minimum atomic E-state index is -4.51. The van der Waals surface area contributed by atoms with Gasteiger partial charge in [-0.15, -0.1) is 22.7 Å². The molecule has 3 aliphatic heterocycles. The molecule has 11 rings (SSSR count). The number of nitrogens with zero attached hydrogens (tertiary/aromatic N) is 5. The number of likely N-dealkylation sites (tertiary alicyclic amines) is 3. The van der Waals surface area contributed by atoms with E-state index in [9.17, 15) is 55.7 Å². The second-order valence-corrected chi connectivity index (χ2v) is 26.0. The van der Waals surface area contributed by atoms with Crippen molar-refractivity contribution in [1.82, 2.24) is 24.8 Å². The van der Waals surface area contributed by atoms with Gasteiger partial charge in [-0.2, -0.15) is 31.3 Å². The van der Waals surface area contributed by atoms with Crippen molar-refractivity contribution in [2.45, 2.75) is 104 Å². The fourth-order valence-corrected chi connectivity index (χ4v) is 13.4. The van der Waals surface area contributed by atoms with E-state index >= 15 is 0 Å². The Labute approximate surface area is 542 Å². The molecule has 0 unspecified atom stereocenters. The molecule has 8 aromatic rings. The zero-order chi connectivity index (χ0) is 66.4. The van der Waals surface area contributed by atoms with Gasteiger partial charge >= 0.3 is 36.2 Å². The van der Waals surface area contributed by atoms with Crippen LogP contribution in [0.2, 0.25) is 0 Å². The third-order valence-corrected chi connectivity index (χ3v) is 18.9. The molecule has 0 bridgehead atoms. The summed E-state index contributed by atoms with van der Waals surface area (Å²) in [5, 5.41) is 40.3. The Hall–Kier alpha value is -8.22. The van der Waals surface area contributed by atoms with Crippen LogP contribution in [0.4, 0.5) is 26.3 Å². The van der Waals surface area contributed by atoms with Crippen LogP contribution in [-0.4, -0.2) is 108 Å². The highest BCUT2D eigenvalue weighted by Crippen LogP contribution is 2.46. The molecule has 23 heteroatoms. The predicted octanol–water partition coefficient (Wildman–Crippen LogP) is 15.7. The van der Waals surface area contributed by atoms with Gasteiger partial charge in [0, 0.05) is 80.5 Å². The molecule has 93 heavy (non-hydrogen) atoms. The highest BCUT2D eigenvalue weighted by atomic mass is 32.1. The molecule has 0 radical (unpaired) electrons. The number of benzene rings is 5. The number of hydrogen-bond donors (Lipinski definition) is 4. The van der Waals surface area contributed by atoms with Crippen LogP contribution in [0.3, 0.4) is 0 Å². The van der Waals surface area contributed by atoms with Crippen LogP contribution in [0.1, 0.15) is 94.3 Å². The van der Waals surface area contributed by atoms with Gasteiger partial charge in [-0.1, -0.05) is 172 Å². The smallest absolute Gasteiger partial charge is 0.426 e. The molecule has 6 heterocycles. The zero-order valence-electron chi connectivity index (χ0n) is 51.4. The number of halogens is 6. The molecule has 0 spiro atoms. The standard InChI is InChI=1S/C24H18F3N3O3S.C24H22F3NO3S.C22H33NO4/c25-24(26,27)20-18(15-4-2-1-3-5-15)10-19(34-20)22-28-21(29-33-22)16-8-6-14(7-9-16)11-30-12-17(13-30)23(31)32;1-15-9-16(11-28-12-18(13-28)23(29)30)7-8-21(15)31-14-19-10-20(17-5-3-2-4-6-17)22(32-19)24(25,26)27;1-2-3-4-5-6-7-8-9-17-10-12-18(13-11-17)14-23-15-19(21(24)25)20(16-23)22(26)27/h1-10,17H,11-13H2,(H,31,32);2-10,18H,11-14H2,1H3,(H,29,30);10-13,19-20H,2-9,14-16H2,1H3,(H,24,25)(H,26,27)/t;;19-,20-/m..0/s1. The van der Waals surface area contributed by atoms with Gasteiger partial charge in [-0.05, 0) is 76.9 Å². The molecule has 2 atom stereocenters. The summed E-state index contributed by atoms with van der Waals surface area (Å²) in [7, 11) is 0. The Bertz CT molecular complexity index is 3750. The number of aromatic nitrogens is 2. The lowest BCUT2D eigenvalue weighted by molar-refractivity contribution is -0.151. The van der Waals surface area contributed by atoms with Gasteiger partial charge in [0.2, 0.25) is 5.82 Å². The van der Waals surface area contributed by atoms with Gasteiger partial charge in [0.1, 0.15) is 22.1 Å². The molecule has 4 N–H and O–H groups in total. The molecule has 0 amide bonds. The van der Waals surface area contributed by atoms with E-state index in [0.717, 1.165) is 28.7 Å². The third kappa shape index (κ3) is 19.0. The Balaban J connectivity index is 0.000000166. The van der Waals surface area contributed by atoms with Crippen molar-refractivity contribution in [2.24, 2.45) is 23.7 Å². The van der Waals surface area contributed by atoms with Gasteiger partial charge in [-0.3, -0.25) is 33.9 Å². The molecule has 5 aromatic carbocycles. The number of carboxylic acids is 4. The molecular weight excluding hydrogens is 1250 g/mol. The van der Waals surface area contributed by atoms with Crippen LogP contribution in [0.5, 0.6) is 5.75 Å². The number of thiophene rings is 2. The van der Waals surface area contributed by atoms with Gasteiger partial charge in [0.15, 0.2) is 0 Å². The number of carboxylic acid groups (broad SMARTS) is 4. The molecule has 15 nitrogen and oxygen atoms in total. The summed E-state index contributed by atoms with van der Waals surface area (Å²) in [6, 6.07) is 41.4. The Kier molecular flexibility index (Phi) is 23.5. The maximum atomic E-state index is 13.7. The van der Waals surface area contributed by atoms with Crippen LogP contribution in [0, 0.1) is 30.6 Å². The second-order valence-electron chi connectivity index (χ2n) is 23.8. The molecular formula is C70H73F6N5O10S2. The van der Waals surface area contributed by atoms with E-state index in [2.05, 4.69) is 46.2 Å². The molecule has 0 saturated carbocycles. The predicted molar refractivity (Wildman–Crippen MR) is 342 cm³/mol. The van der Waals surface area contributed by atoms with E-state index < -0.39 is 57.8 Å². The largest absolute Gasteiger partial charge is 0.488 e. The Morgan fingerprint density at radius 1 is 0.538 bits per heavy atom. The van der Waals surface area contributed by atoms with Gasteiger partial charge in [-0.25, -0.2) is 0 Å². The van der Waals surface area contributed by atoms with E-state index in [0.29, 0.717) is 109 Å². The van der Waals surface area contributed by atoms with Crippen molar-refractivity contribution in [2.75, 3.05) is 39.3 Å². The monoisotopic (exact) mass is 1320 g/mol. The first-order valence-corrected chi connectivity index (χ1v) is 32.5. The highest BCUT2D eigenvalue weighted by Gasteiger charge is 2.42. The summed E-state index contributed by atoms with van der Waals surface area (Å²) in [5.41, 5.74) is 7.28. The van der Waals surface area contributed by atoms with E-state index in [1.54, 1.807) is 66.7 Å². The molecule has 3 fully saturated rings. The molecule has 3 aliphatic rings. The summed E-state index contributed by atoms with van der Waals surface area (Å²) in [6.45, 7) is 8.80. The van der Waals surface area contributed by atoms with Crippen LogP contribution in [-0.2, 0) is 64.2 Å². The van der Waals surface area contributed by atoms with Crippen LogP contribution >= 0.6 is 22.7 Å². The first-order valence-electron chi connectivity index (χ1n) is 30.8. The van der Waals surface area contributed by atoms with Crippen molar-refractivity contribution in [3.63, 3.8) is 0 Å². The minimum absolute atomic E-state index is 0.0250. The number of carbonyl (C=O) groups is 4. The van der Waals surface area contributed by atoms with Crippen LogP contribution in [0.15, 0.2) is 144 Å². The summed E-state index contributed by atoms with van der Waals surface area (Å²) in [4.78, 5) is 54.1. The summed E-state index contributed by atoms with van der Waals surface area (Å²) < 4.78 is 92.8. The number of aliphatic carboxylic acids is 4. The average Bonchev–Trinajstić information content (AvgIpc) is 1.69. The maximum Gasteiger partial charge on any atom is 0.426 e. The lowest BCUT2D eigenvalue weighted by atomic mass is 9.97. The molecule has 492 valence electrons. The fourth-order valence-electron chi connectivity index (χ4n) is 11.5. The number of hydrogen-bond acceptors (Lipinski definition) is 13. The maximum absolute atomic E-state index is 13.7. The van der Waals surface area contributed by atoms with E-state index in [4.69, 9.17) is 19.5 Å². The Morgan fingerprint density at radius 3 is 1.51 bits per heavy atom. The third-order valence-electron chi connectivity index (χ3n) is 16.6. The second kappa shape index (κ2) is 31.6. The summed E-state index contributed by atoms with van der Waals surface area (Å²) in [5.74, 6) is -4.91. The normalized spacial score (nSPS) is 16.3. The lowest BCUT2D eigenvalue weighted by Gasteiger charge is -2.36. The average molecular weight is 1320 g/mol. The molecule has 3 aromatic heterocycles. The number of aryl methyl sites for hydroxylation is 2. The quantitative estimate of drug-likeness (QED) is 0.0310. The van der Waals surface area contributed by atoms with E-state index in [-0.39, 0.29) is 46.2 Å². The van der Waals surface area contributed by atoms with Crippen LogP contribution in [0.25, 0.3) is 44.4 Å². The summed E-state index contributed by atoms with van der Waals surface area (Å²) in [6.07, 6.45) is 1.32. The van der Waals surface area contributed by atoms with Crippen LogP contribution < -0.4 is 4.74 Å². The van der Waals surface area contributed by atoms with Crippen molar-refractivity contribution >= 4 is 46.6 Å². The van der Waals surface area contributed by atoms with Gasteiger partial charge < -0.3 is 29.7 Å². The first kappa shape index (κ1) is 69.1. The number of unbranched alkanes of at least 4 members (excludes halogenated alkanes) is 6.